The molecule has 0 saturated carbocycles. The van der Waals surface area contributed by atoms with E-state index in [2.05, 4.69) is 0 Å². The molecule has 0 radical (unpaired) electrons. The van der Waals surface area contributed by atoms with Gasteiger partial charge < -0.3 is 5.11 Å². The summed E-state index contributed by atoms with van der Waals surface area (Å²) in [6.07, 6.45) is 0.508. The van der Waals surface area contributed by atoms with Crippen LogP contribution in [-0.2, 0) is 17.6 Å². The molecule has 1 atom stereocenters. The zero-order valence-corrected chi connectivity index (χ0v) is 12.5. The van der Waals surface area contributed by atoms with Crippen molar-refractivity contribution < 1.29 is 14.3 Å². The van der Waals surface area contributed by atoms with Crippen LogP contribution in [0.25, 0.3) is 0 Å². The second kappa shape index (κ2) is 6.92. The fraction of sp³-hybridized carbons (Fsp3) is 0.188. The fourth-order valence-electron chi connectivity index (χ4n) is 2.15. The van der Waals surface area contributed by atoms with E-state index in [0.717, 1.165) is 0 Å². The van der Waals surface area contributed by atoms with E-state index in [1.807, 2.05) is 0 Å². The molecule has 0 heterocycles. The molecule has 0 fully saturated rings. The smallest absolute Gasteiger partial charge is 0.307 e. The summed E-state index contributed by atoms with van der Waals surface area (Å²) in [5.41, 5.74) is 1.36. The molecule has 5 heteroatoms. The summed E-state index contributed by atoms with van der Waals surface area (Å²) in [6, 6.07) is 10.9. The van der Waals surface area contributed by atoms with Crippen LogP contribution in [0.5, 0.6) is 0 Å². The van der Waals surface area contributed by atoms with E-state index in [-0.39, 0.29) is 18.7 Å². The number of hydrogen-bond acceptors (Lipinski definition) is 1. The quantitative estimate of drug-likeness (QED) is 0.870. The van der Waals surface area contributed by atoms with Crippen molar-refractivity contribution in [2.45, 2.75) is 12.8 Å². The average molecular weight is 327 g/mol. The Balaban J connectivity index is 2.18. The highest BCUT2D eigenvalue weighted by molar-refractivity contribution is 6.35. The number of benzene rings is 2. The third-order valence-corrected chi connectivity index (χ3v) is 3.79. The van der Waals surface area contributed by atoms with Crippen LogP contribution in [0.4, 0.5) is 4.39 Å². The molecule has 2 aromatic carbocycles. The number of carbonyl (C=O) groups is 1. The van der Waals surface area contributed by atoms with E-state index in [0.29, 0.717) is 21.2 Å². The number of hydrogen-bond donors (Lipinski definition) is 1. The lowest BCUT2D eigenvalue weighted by Crippen LogP contribution is -2.19. The lowest BCUT2D eigenvalue weighted by atomic mass is 9.92. The van der Waals surface area contributed by atoms with Crippen LogP contribution >= 0.6 is 23.2 Å². The Morgan fingerprint density at radius 3 is 2.52 bits per heavy atom. The zero-order chi connectivity index (χ0) is 15.4. The van der Waals surface area contributed by atoms with Crippen molar-refractivity contribution in [1.29, 1.82) is 0 Å². The molecular weight excluding hydrogens is 314 g/mol. The molecule has 0 aromatic heterocycles. The topological polar surface area (TPSA) is 37.3 Å². The highest BCUT2D eigenvalue weighted by atomic mass is 35.5. The Kier molecular flexibility index (Phi) is 5.21. The van der Waals surface area contributed by atoms with Crippen LogP contribution in [0, 0.1) is 11.7 Å². The van der Waals surface area contributed by atoms with Gasteiger partial charge in [-0.1, -0.05) is 41.4 Å². The molecule has 1 unspecified atom stereocenters. The maximum Gasteiger partial charge on any atom is 0.307 e. The molecular formula is C16H13Cl2FO2. The van der Waals surface area contributed by atoms with Crippen molar-refractivity contribution in [2.75, 3.05) is 0 Å². The predicted molar refractivity (Wildman–Crippen MR) is 81.4 cm³/mol. The van der Waals surface area contributed by atoms with Gasteiger partial charge in [0.1, 0.15) is 5.82 Å². The first kappa shape index (κ1) is 15.8. The van der Waals surface area contributed by atoms with Gasteiger partial charge in [-0.25, -0.2) is 4.39 Å². The molecule has 0 bridgehead atoms. The standard InChI is InChI=1S/C16H13Cl2FO2/c17-13-5-4-11(15(18)9-13)8-12(16(20)21)6-10-2-1-3-14(19)7-10/h1-5,7,9,12H,6,8H2,(H,20,21). The highest BCUT2D eigenvalue weighted by Gasteiger charge is 2.20. The summed E-state index contributed by atoms with van der Waals surface area (Å²) in [6.45, 7) is 0. The number of aliphatic carboxylic acids is 1. The van der Waals surface area contributed by atoms with Crippen molar-refractivity contribution in [3.05, 3.63) is 69.5 Å². The first-order chi connectivity index (χ1) is 9.95. The van der Waals surface area contributed by atoms with E-state index in [9.17, 15) is 14.3 Å². The fourth-order valence-corrected chi connectivity index (χ4v) is 2.63. The monoisotopic (exact) mass is 326 g/mol. The Morgan fingerprint density at radius 2 is 1.90 bits per heavy atom. The third-order valence-electron chi connectivity index (χ3n) is 3.20. The molecule has 0 aliphatic rings. The van der Waals surface area contributed by atoms with Gasteiger partial charge in [0.2, 0.25) is 0 Å². The second-order valence-electron chi connectivity index (χ2n) is 4.81. The molecule has 2 nitrogen and oxygen atoms in total. The maximum absolute atomic E-state index is 13.2. The Hall–Kier alpha value is -1.58. The second-order valence-corrected chi connectivity index (χ2v) is 5.65. The summed E-state index contributed by atoms with van der Waals surface area (Å²) in [5.74, 6) is -1.99. The van der Waals surface area contributed by atoms with Gasteiger partial charge >= 0.3 is 5.97 Å². The highest BCUT2D eigenvalue weighted by Crippen LogP contribution is 2.25. The predicted octanol–water partition coefficient (Wildman–Crippen LogP) is 4.62. The van der Waals surface area contributed by atoms with Crippen molar-refractivity contribution in [2.24, 2.45) is 5.92 Å². The van der Waals surface area contributed by atoms with Gasteiger partial charge in [-0.05, 0) is 48.2 Å². The van der Waals surface area contributed by atoms with Crippen molar-refractivity contribution in [3.63, 3.8) is 0 Å². The molecule has 1 N–H and O–H groups in total. The van der Waals surface area contributed by atoms with Gasteiger partial charge in [0.05, 0.1) is 5.92 Å². The molecule has 0 spiro atoms. The Morgan fingerprint density at radius 1 is 1.14 bits per heavy atom. The number of rotatable bonds is 5. The van der Waals surface area contributed by atoms with Crippen molar-refractivity contribution in [3.8, 4) is 0 Å². The van der Waals surface area contributed by atoms with Gasteiger partial charge in [0.15, 0.2) is 0 Å². The molecule has 0 amide bonds. The Bertz CT molecular complexity index is 658. The van der Waals surface area contributed by atoms with E-state index in [4.69, 9.17) is 23.2 Å². The van der Waals surface area contributed by atoms with Gasteiger partial charge in [-0.3, -0.25) is 4.79 Å². The zero-order valence-electron chi connectivity index (χ0n) is 11.0. The van der Waals surface area contributed by atoms with Crippen LogP contribution < -0.4 is 0 Å². The number of carboxylic acid groups (broad SMARTS) is 1. The molecule has 21 heavy (non-hydrogen) atoms. The SMILES string of the molecule is O=C(O)C(Cc1cccc(F)c1)Cc1ccc(Cl)cc1Cl. The van der Waals surface area contributed by atoms with Gasteiger partial charge in [-0.2, -0.15) is 0 Å². The number of halogens is 3. The normalized spacial score (nSPS) is 12.1. The minimum absolute atomic E-state index is 0.242. The van der Waals surface area contributed by atoms with Crippen LogP contribution in [0.3, 0.4) is 0 Å². The average Bonchev–Trinajstić information content (AvgIpc) is 2.40. The largest absolute Gasteiger partial charge is 0.481 e. The summed E-state index contributed by atoms with van der Waals surface area (Å²) >= 11 is 11.9. The lowest BCUT2D eigenvalue weighted by molar-refractivity contribution is -0.141. The summed E-state index contributed by atoms with van der Waals surface area (Å²) in [7, 11) is 0. The van der Waals surface area contributed by atoms with Gasteiger partial charge in [0, 0.05) is 10.0 Å². The van der Waals surface area contributed by atoms with Crippen LogP contribution in [0.2, 0.25) is 10.0 Å². The molecule has 0 saturated heterocycles. The first-order valence-corrected chi connectivity index (χ1v) is 7.12. The van der Waals surface area contributed by atoms with Gasteiger partial charge in [-0.15, -0.1) is 0 Å². The summed E-state index contributed by atoms with van der Waals surface area (Å²) in [4.78, 5) is 11.4. The summed E-state index contributed by atoms with van der Waals surface area (Å²) < 4.78 is 13.2. The van der Waals surface area contributed by atoms with Crippen LogP contribution in [0.1, 0.15) is 11.1 Å². The minimum Gasteiger partial charge on any atom is -0.481 e. The molecule has 2 rings (SSSR count). The van der Waals surface area contributed by atoms with Crippen molar-refractivity contribution >= 4 is 29.2 Å². The Labute approximate surface area is 132 Å². The minimum atomic E-state index is -0.940. The first-order valence-electron chi connectivity index (χ1n) is 6.37. The van der Waals surface area contributed by atoms with E-state index in [1.54, 1.807) is 30.3 Å². The van der Waals surface area contributed by atoms with Crippen molar-refractivity contribution in [1.82, 2.24) is 0 Å². The van der Waals surface area contributed by atoms with E-state index >= 15 is 0 Å². The summed E-state index contributed by atoms with van der Waals surface area (Å²) in [5, 5.41) is 10.3. The van der Waals surface area contributed by atoms with Crippen LogP contribution in [0.15, 0.2) is 42.5 Å². The molecule has 110 valence electrons. The van der Waals surface area contributed by atoms with E-state index < -0.39 is 11.9 Å². The molecule has 2 aromatic rings. The lowest BCUT2D eigenvalue weighted by Gasteiger charge is -2.14. The molecule has 0 aliphatic heterocycles. The molecule has 0 aliphatic carbocycles. The third kappa shape index (κ3) is 4.45. The van der Waals surface area contributed by atoms with E-state index in [1.165, 1.54) is 12.1 Å². The van der Waals surface area contributed by atoms with Crippen LogP contribution in [-0.4, -0.2) is 11.1 Å². The number of carboxylic acids is 1. The van der Waals surface area contributed by atoms with Gasteiger partial charge in [0.25, 0.3) is 0 Å². The maximum atomic E-state index is 13.2.